The maximum atomic E-state index is 13.3. The van der Waals surface area contributed by atoms with Crippen LogP contribution in [0.5, 0.6) is 11.5 Å². The summed E-state index contributed by atoms with van der Waals surface area (Å²) in [6, 6.07) is 9.98. The van der Waals surface area contributed by atoms with Gasteiger partial charge >= 0.3 is 6.18 Å². The van der Waals surface area contributed by atoms with Crippen LogP contribution in [0.4, 0.5) is 13.2 Å². The minimum absolute atomic E-state index is 0.0475. The predicted octanol–water partition coefficient (Wildman–Crippen LogP) is 6.28. The van der Waals surface area contributed by atoms with E-state index in [-0.39, 0.29) is 12.0 Å². The van der Waals surface area contributed by atoms with E-state index in [4.69, 9.17) is 27.9 Å². The first kappa shape index (κ1) is 23.2. The number of benzene rings is 2. The molecule has 1 aliphatic rings. The molecule has 0 atom stereocenters. The lowest BCUT2D eigenvalue weighted by atomic mass is 9.94. The average Bonchev–Trinajstić information content (AvgIpc) is 2.73. The molecule has 0 spiro atoms. The number of nitrogens with one attached hydrogen (secondary N) is 2. The number of hydrogen-bond donors (Lipinski definition) is 2. The zero-order valence-electron chi connectivity index (χ0n) is 17.1. The van der Waals surface area contributed by atoms with Crippen LogP contribution in [0.25, 0.3) is 0 Å². The van der Waals surface area contributed by atoms with Crippen molar-refractivity contribution < 1.29 is 22.7 Å². The van der Waals surface area contributed by atoms with Gasteiger partial charge in [0.25, 0.3) is 11.5 Å². The van der Waals surface area contributed by atoms with Gasteiger partial charge in [-0.1, -0.05) is 48.7 Å². The zero-order valence-corrected chi connectivity index (χ0v) is 18.7. The molecule has 2 N–H and O–H groups in total. The van der Waals surface area contributed by atoms with Crippen LogP contribution < -0.4 is 15.6 Å². The number of halogens is 5. The molecule has 1 aromatic heterocycles. The van der Waals surface area contributed by atoms with Gasteiger partial charge in [0.2, 0.25) is 0 Å². The average molecular weight is 497 g/mol. The SMILES string of the molecule is CCCc1cc(C(=O)NC2c3ccc(Cl)cc3Oc3cc(Cl)ccc32)c(=O)[nH]c1C(F)(F)F. The molecule has 1 amide bonds. The quantitative estimate of drug-likeness (QED) is 0.446. The Hall–Kier alpha value is -2.97. The van der Waals surface area contributed by atoms with Crippen molar-refractivity contribution >= 4 is 29.1 Å². The van der Waals surface area contributed by atoms with E-state index in [0.717, 1.165) is 6.07 Å². The molecule has 2 aromatic carbocycles. The molecule has 4 rings (SSSR count). The Bertz CT molecular complexity index is 1250. The molecule has 3 aromatic rings. The highest BCUT2D eigenvalue weighted by atomic mass is 35.5. The molecule has 0 fully saturated rings. The second kappa shape index (κ2) is 8.76. The third kappa shape index (κ3) is 4.58. The van der Waals surface area contributed by atoms with Gasteiger partial charge < -0.3 is 15.0 Å². The molecule has 0 saturated heterocycles. The maximum Gasteiger partial charge on any atom is 0.431 e. The van der Waals surface area contributed by atoms with Crippen LogP contribution in [0.2, 0.25) is 10.0 Å². The highest BCUT2D eigenvalue weighted by molar-refractivity contribution is 6.31. The lowest BCUT2D eigenvalue weighted by Crippen LogP contribution is -2.35. The Morgan fingerprint density at radius 2 is 1.64 bits per heavy atom. The Balaban J connectivity index is 1.77. The van der Waals surface area contributed by atoms with Crippen LogP contribution in [-0.4, -0.2) is 10.9 Å². The molecule has 2 heterocycles. The summed E-state index contributed by atoms with van der Waals surface area (Å²) in [5.41, 5.74) is -1.69. The van der Waals surface area contributed by atoms with Gasteiger partial charge in [0, 0.05) is 21.2 Å². The molecule has 0 saturated carbocycles. The van der Waals surface area contributed by atoms with Gasteiger partial charge in [-0.3, -0.25) is 9.59 Å². The zero-order chi connectivity index (χ0) is 23.9. The molecule has 0 bridgehead atoms. The van der Waals surface area contributed by atoms with Crippen LogP contribution in [0, 0.1) is 0 Å². The van der Waals surface area contributed by atoms with Crippen molar-refractivity contribution in [2.75, 3.05) is 0 Å². The van der Waals surface area contributed by atoms with Crippen molar-refractivity contribution in [3.05, 3.63) is 90.8 Å². The van der Waals surface area contributed by atoms with E-state index in [0.29, 0.717) is 39.1 Å². The summed E-state index contributed by atoms with van der Waals surface area (Å²) in [6.45, 7) is 1.71. The summed E-state index contributed by atoms with van der Waals surface area (Å²) in [5.74, 6) is -0.0536. The normalized spacial score (nSPS) is 13.2. The van der Waals surface area contributed by atoms with E-state index >= 15 is 0 Å². The number of amides is 1. The van der Waals surface area contributed by atoms with Crippen molar-refractivity contribution in [3.8, 4) is 11.5 Å². The van der Waals surface area contributed by atoms with Gasteiger partial charge in [-0.2, -0.15) is 13.2 Å². The largest absolute Gasteiger partial charge is 0.456 e. The van der Waals surface area contributed by atoms with Crippen LogP contribution >= 0.6 is 23.2 Å². The minimum atomic E-state index is -4.74. The van der Waals surface area contributed by atoms with E-state index in [9.17, 15) is 22.8 Å². The smallest absolute Gasteiger partial charge is 0.431 e. The molecule has 5 nitrogen and oxygen atoms in total. The molecule has 10 heteroatoms. The number of aromatic amines is 1. The van der Waals surface area contributed by atoms with E-state index < -0.39 is 34.9 Å². The number of aryl methyl sites for hydroxylation is 1. The van der Waals surface area contributed by atoms with Gasteiger partial charge in [0.1, 0.15) is 22.8 Å². The van der Waals surface area contributed by atoms with Crippen molar-refractivity contribution in [1.82, 2.24) is 10.3 Å². The molecule has 0 unspecified atom stereocenters. The number of H-pyrrole nitrogens is 1. The number of hydrogen-bond acceptors (Lipinski definition) is 3. The monoisotopic (exact) mass is 496 g/mol. The fraction of sp³-hybridized carbons (Fsp3) is 0.217. The Morgan fingerprint density at radius 1 is 1.06 bits per heavy atom. The molecule has 33 heavy (non-hydrogen) atoms. The maximum absolute atomic E-state index is 13.3. The second-order valence-corrected chi connectivity index (χ2v) is 8.41. The minimum Gasteiger partial charge on any atom is -0.456 e. The molecular formula is C23H17Cl2F3N2O3. The summed E-state index contributed by atoms with van der Waals surface area (Å²) < 4.78 is 45.9. The fourth-order valence-electron chi connectivity index (χ4n) is 3.78. The van der Waals surface area contributed by atoms with Gasteiger partial charge in [0.15, 0.2) is 0 Å². The molecule has 172 valence electrons. The third-order valence-electron chi connectivity index (χ3n) is 5.24. The molecular weight excluding hydrogens is 480 g/mol. The number of pyridine rings is 1. The Kier molecular flexibility index (Phi) is 6.16. The topological polar surface area (TPSA) is 71.2 Å². The second-order valence-electron chi connectivity index (χ2n) is 7.53. The number of ether oxygens (including phenoxy) is 1. The van der Waals surface area contributed by atoms with Crippen molar-refractivity contribution in [1.29, 1.82) is 0 Å². The van der Waals surface area contributed by atoms with Crippen LogP contribution in [0.15, 0.2) is 47.3 Å². The molecule has 1 aliphatic heterocycles. The van der Waals surface area contributed by atoms with Crippen molar-refractivity contribution in [2.45, 2.75) is 32.0 Å². The number of fused-ring (bicyclic) bond motifs is 2. The predicted molar refractivity (Wildman–Crippen MR) is 118 cm³/mol. The highest BCUT2D eigenvalue weighted by Gasteiger charge is 2.36. The summed E-state index contributed by atoms with van der Waals surface area (Å²) in [4.78, 5) is 27.4. The van der Waals surface area contributed by atoms with E-state index in [1.54, 1.807) is 43.3 Å². The van der Waals surface area contributed by atoms with Gasteiger partial charge in [-0.25, -0.2) is 0 Å². The van der Waals surface area contributed by atoms with Gasteiger partial charge in [-0.05, 0) is 42.3 Å². The summed E-state index contributed by atoms with van der Waals surface area (Å²) in [7, 11) is 0. The van der Waals surface area contributed by atoms with Gasteiger partial charge in [-0.15, -0.1) is 0 Å². The summed E-state index contributed by atoms with van der Waals surface area (Å²) in [6.07, 6.45) is -4.29. The standard InChI is InChI=1S/C23H17Cl2F3N2O3/c1-2-3-11-8-16(22(32)30-20(11)23(26,27)28)21(31)29-19-14-6-4-12(24)9-17(14)33-18-10-13(25)5-7-15(18)19/h4-10,19H,2-3H2,1H3,(H,29,31)(H,30,32). The number of aromatic nitrogens is 1. The summed E-state index contributed by atoms with van der Waals surface area (Å²) >= 11 is 12.1. The number of alkyl halides is 3. The Labute approximate surface area is 196 Å². The lowest BCUT2D eigenvalue weighted by Gasteiger charge is -2.29. The first-order valence-electron chi connectivity index (χ1n) is 9.99. The van der Waals surface area contributed by atoms with Crippen LogP contribution in [-0.2, 0) is 12.6 Å². The van der Waals surface area contributed by atoms with Crippen molar-refractivity contribution in [3.63, 3.8) is 0 Å². The first-order valence-corrected chi connectivity index (χ1v) is 10.7. The van der Waals surface area contributed by atoms with E-state index in [2.05, 4.69) is 5.32 Å². The number of rotatable bonds is 4. The number of carbonyl (C=O) groups excluding carboxylic acids is 1. The number of carbonyl (C=O) groups is 1. The first-order chi connectivity index (χ1) is 15.6. The van der Waals surface area contributed by atoms with Crippen LogP contribution in [0.1, 0.15) is 52.1 Å². The van der Waals surface area contributed by atoms with Crippen LogP contribution in [0.3, 0.4) is 0 Å². The van der Waals surface area contributed by atoms with E-state index in [1.807, 2.05) is 4.98 Å². The summed E-state index contributed by atoms with van der Waals surface area (Å²) in [5, 5.41) is 3.57. The van der Waals surface area contributed by atoms with E-state index in [1.165, 1.54) is 0 Å². The van der Waals surface area contributed by atoms with Crippen molar-refractivity contribution in [2.24, 2.45) is 0 Å². The highest BCUT2D eigenvalue weighted by Crippen LogP contribution is 2.44. The lowest BCUT2D eigenvalue weighted by molar-refractivity contribution is -0.142. The molecule has 0 radical (unpaired) electrons. The fourth-order valence-corrected chi connectivity index (χ4v) is 4.11. The Morgan fingerprint density at radius 3 is 2.15 bits per heavy atom. The third-order valence-corrected chi connectivity index (χ3v) is 5.71. The molecule has 0 aliphatic carbocycles. The van der Waals surface area contributed by atoms with Gasteiger partial charge in [0.05, 0.1) is 6.04 Å².